The molecule has 1 aliphatic carbocycles. The number of aromatic nitrogens is 1. The Hall–Kier alpha value is -2.15. The van der Waals surface area contributed by atoms with Crippen molar-refractivity contribution in [2.24, 2.45) is 5.92 Å². The summed E-state index contributed by atoms with van der Waals surface area (Å²) in [5.74, 6) is -1.13. The number of aryl methyl sites for hydroxylation is 1. The van der Waals surface area contributed by atoms with Crippen LogP contribution >= 0.6 is 11.6 Å². The Bertz CT molecular complexity index is 711. The molecule has 0 bridgehead atoms. The maximum atomic E-state index is 12.6. The number of hydrogen-bond donors (Lipinski definition) is 1. The molecule has 8 heteroatoms. The number of alkyl halides is 3. The lowest BCUT2D eigenvalue weighted by atomic mass is 9.99. The molecule has 0 radical (unpaired) electrons. The molecule has 0 spiro atoms. The third-order valence-corrected chi connectivity index (χ3v) is 3.70. The second-order valence-electron chi connectivity index (χ2n) is 4.97. The maximum absolute atomic E-state index is 12.6. The highest BCUT2D eigenvalue weighted by atomic mass is 35.5. The Kier molecular flexibility index (Phi) is 4.89. The zero-order chi connectivity index (χ0) is 17.2. The van der Waals surface area contributed by atoms with Crippen LogP contribution < -0.4 is 5.32 Å². The predicted molar refractivity (Wildman–Crippen MR) is 77.6 cm³/mol. The lowest BCUT2D eigenvalue weighted by Gasteiger charge is -2.18. The maximum Gasteiger partial charge on any atom is 0.433 e. The van der Waals surface area contributed by atoms with Crippen molar-refractivity contribution in [2.45, 2.75) is 19.5 Å². The predicted octanol–water partition coefficient (Wildman–Crippen LogP) is 3.36. The van der Waals surface area contributed by atoms with Crippen LogP contribution in [-0.4, -0.2) is 17.2 Å². The molecule has 1 aromatic heterocycles. The van der Waals surface area contributed by atoms with E-state index in [0.29, 0.717) is 17.0 Å². The summed E-state index contributed by atoms with van der Waals surface area (Å²) < 4.78 is 37.7. The monoisotopic (exact) mass is 344 g/mol. The van der Waals surface area contributed by atoms with Crippen molar-refractivity contribution in [3.05, 3.63) is 52.0 Å². The summed E-state index contributed by atoms with van der Waals surface area (Å²) >= 11 is 5.84. The molecule has 122 valence electrons. The summed E-state index contributed by atoms with van der Waals surface area (Å²) in [6.07, 6.45) is -0.629. The first-order chi connectivity index (χ1) is 10.7. The van der Waals surface area contributed by atoms with Crippen LogP contribution in [0.5, 0.6) is 0 Å². The number of allylic oxidation sites excluding steroid dienone is 4. The summed E-state index contributed by atoms with van der Waals surface area (Å²) in [6, 6.07) is 1.83. The first kappa shape index (κ1) is 17.2. The number of amides is 1. The van der Waals surface area contributed by atoms with Crippen LogP contribution in [0.25, 0.3) is 0 Å². The van der Waals surface area contributed by atoms with E-state index in [1.807, 2.05) is 0 Å². The molecule has 0 fully saturated rings. The average Bonchev–Trinajstić information content (AvgIpc) is 2.48. The van der Waals surface area contributed by atoms with Gasteiger partial charge in [0.25, 0.3) is 5.91 Å². The number of rotatable bonds is 3. The number of aldehydes is 1. The van der Waals surface area contributed by atoms with Crippen molar-refractivity contribution in [2.75, 3.05) is 0 Å². The smallest absolute Gasteiger partial charge is 0.326 e. The molecule has 0 saturated heterocycles. The van der Waals surface area contributed by atoms with Gasteiger partial charge in [0, 0.05) is 17.2 Å². The minimum atomic E-state index is -4.57. The Balaban J connectivity index is 2.17. The van der Waals surface area contributed by atoms with Crippen LogP contribution in [0.2, 0.25) is 0 Å². The highest BCUT2D eigenvalue weighted by molar-refractivity contribution is 6.31. The molecule has 23 heavy (non-hydrogen) atoms. The highest BCUT2D eigenvalue weighted by Crippen LogP contribution is 2.28. The summed E-state index contributed by atoms with van der Waals surface area (Å²) in [7, 11) is 0. The van der Waals surface area contributed by atoms with Gasteiger partial charge in [-0.25, -0.2) is 4.98 Å². The summed E-state index contributed by atoms with van der Waals surface area (Å²) in [5, 5.41) is 2.92. The van der Waals surface area contributed by atoms with Crippen LogP contribution in [0, 0.1) is 12.8 Å². The van der Waals surface area contributed by atoms with Crippen LogP contribution in [0.4, 0.5) is 13.2 Å². The van der Waals surface area contributed by atoms with E-state index in [0.717, 1.165) is 12.1 Å². The lowest BCUT2D eigenvalue weighted by Crippen LogP contribution is -2.27. The fourth-order valence-electron chi connectivity index (χ4n) is 2.08. The van der Waals surface area contributed by atoms with Crippen LogP contribution in [0.1, 0.15) is 28.2 Å². The third-order valence-electron chi connectivity index (χ3n) is 3.30. The fourth-order valence-corrected chi connectivity index (χ4v) is 2.28. The third kappa shape index (κ3) is 3.98. The van der Waals surface area contributed by atoms with Gasteiger partial charge in [-0.3, -0.25) is 4.79 Å². The van der Waals surface area contributed by atoms with E-state index in [4.69, 9.17) is 11.6 Å². The molecule has 1 amide bonds. The molecular weight excluding hydrogens is 333 g/mol. The zero-order valence-corrected chi connectivity index (χ0v) is 12.7. The van der Waals surface area contributed by atoms with Crippen molar-refractivity contribution in [1.29, 1.82) is 0 Å². The second kappa shape index (κ2) is 6.54. The molecule has 1 atom stereocenters. The highest BCUT2D eigenvalue weighted by Gasteiger charge is 2.33. The molecule has 4 nitrogen and oxygen atoms in total. The van der Waals surface area contributed by atoms with Crippen LogP contribution in [0.3, 0.4) is 0 Å². The van der Waals surface area contributed by atoms with E-state index in [1.165, 1.54) is 13.0 Å². The van der Waals surface area contributed by atoms with Crippen LogP contribution in [-0.2, 0) is 11.0 Å². The molecule has 1 heterocycles. The van der Waals surface area contributed by atoms with Gasteiger partial charge >= 0.3 is 6.18 Å². The quantitative estimate of drug-likeness (QED) is 0.855. The van der Waals surface area contributed by atoms with E-state index in [2.05, 4.69) is 10.3 Å². The van der Waals surface area contributed by atoms with E-state index in [-0.39, 0.29) is 17.7 Å². The molecular formula is C15H12ClF3N2O2. The lowest BCUT2D eigenvalue weighted by molar-refractivity contribution is -0.141. The van der Waals surface area contributed by atoms with Gasteiger partial charge in [-0.1, -0.05) is 11.6 Å². The summed E-state index contributed by atoms with van der Waals surface area (Å²) in [4.78, 5) is 26.4. The molecule has 1 unspecified atom stereocenters. The van der Waals surface area contributed by atoms with Crippen molar-refractivity contribution in [3.63, 3.8) is 0 Å². The van der Waals surface area contributed by atoms with Gasteiger partial charge in [-0.05, 0) is 31.2 Å². The van der Waals surface area contributed by atoms with Gasteiger partial charge in [0.2, 0.25) is 0 Å². The molecule has 1 aromatic rings. The SMILES string of the molecule is Cc1nc(C(F)(F)F)ccc1C(=O)NC1=CC=C(Cl)C(C=O)C1. The second-order valence-corrected chi connectivity index (χ2v) is 5.41. The molecule has 1 N–H and O–H groups in total. The van der Waals surface area contributed by atoms with Gasteiger partial charge in [0.15, 0.2) is 0 Å². The van der Waals surface area contributed by atoms with Crippen molar-refractivity contribution in [1.82, 2.24) is 10.3 Å². The Morgan fingerprint density at radius 1 is 1.39 bits per heavy atom. The molecule has 0 aliphatic heterocycles. The number of halogens is 4. The molecule has 0 saturated carbocycles. The largest absolute Gasteiger partial charge is 0.433 e. The first-order valence-electron chi connectivity index (χ1n) is 6.60. The molecule has 2 rings (SSSR count). The Morgan fingerprint density at radius 2 is 2.09 bits per heavy atom. The number of hydrogen-bond acceptors (Lipinski definition) is 3. The number of nitrogens with one attached hydrogen (secondary N) is 1. The molecule has 0 aromatic carbocycles. The fraction of sp³-hybridized carbons (Fsp3) is 0.267. The molecule has 1 aliphatic rings. The van der Waals surface area contributed by atoms with Gasteiger partial charge < -0.3 is 10.1 Å². The summed E-state index contributed by atoms with van der Waals surface area (Å²) in [6.45, 7) is 1.32. The average molecular weight is 345 g/mol. The van der Waals surface area contributed by atoms with Crippen molar-refractivity contribution in [3.8, 4) is 0 Å². The number of nitrogens with zero attached hydrogens (tertiary/aromatic N) is 1. The number of carbonyl (C=O) groups is 2. The Morgan fingerprint density at radius 3 is 2.65 bits per heavy atom. The minimum absolute atomic E-state index is 0.0298. The number of carbonyl (C=O) groups excluding carboxylic acids is 2. The van der Waals surface area contributed by atoms with Gasteiger partial charge in [0.05, 0.1) is 17.2 Å². The van der Waals surface area contributed by atoms with Crippen molar-refractivity contribution < 1.29 is 22.8 Å². The topological polar surface area (TPSA) is 59.1 Å². The van der Waals surface area contributed by atoms with Gasteiger partial charge in [-0.15, -0.1) is 0 Å². The van der Waals surface area contributed by atoms with E-state index < -0.39 is 23.7 Å². The van der Waals surface area contributed by atoms with Crippen LogP contribution in [0.15, 0.2) is 35.0 Å². The van der Waals surface area contributed by atoms with Gasteiger partial charge in [-0.2, -0.15) is 13.2 Å². The standard InChI is InChI=1S/C15H12ClF3N2O2/c1-8-11(3-5-13(20-8)15(17,18)19)14(23)21-10-2-4-12(16)9(6-10)7-22/h2-5,7,9H,6H2,1H3,(H,21,23). The minimum Gasteiger partial charge on any atom is -0.326 e. The zero-order valence-electron chi connectivity index (χ0n) is 11.9. The van der Waals surface area contributed by atoms with Gasteiger partial charge in [0.1, 0.15) is 12.0 Å². The van der Waals surface area contributed by atoms with E-state index in [9.17, 15) is 22.8 Å². The van der Waals surface area contributed by atoms with E-state index in [1.54, 1.807) is 6.08 Å². The summed E-state index contributed by atoms with van der Waals surface area (Å²) in [5.41, 5.74) is -0.605. The normalized spacial score (nSPS) is 18.0. The number of pyridine rings is 1. The van der Waals surface area contributed by atoms with Crippen molar-refractivity contribution >= 4 is 23.8 Å². The van der Waals surface area contributed by atoms with E-state index >= 15 is 0 Å². The Labute approximate surface area is 135 Å². The first-order valence-corrected chi connectivity index (χ1v) is 6.98.